The van der Waals surface area contributed by atoms with Gasteiger partial charge in [-0.15, -0.1) is 6.58 Å². The van der Waals surface area contributed by atoms with Crippen molar-refractivity contribution in [2.75, 3.05) is 6.54 Å². The highest BCUT2D eigenvalue weighted by molar-refractivity contribution is 4.92. The minimum atomic E-state index is 0.842. The second-order valence-electron chi connectivity index (χ2n) is 3.79. The van der Waals surface area contributed by atoms with Crippen molar-refractivity contribution in [1.82, 2.24) is 5.32 Å². The van der Waals surface area contributed by atoms with Crippen LogP contribution in [-0.2, 0) is 0 Å². The second-order valence-corrected chi connectivity index (χ2v) is 3.79. The van der Waals surface area contributed by atoms with E-state index in [0.29, 0.717) is 0 Å². The molecule has 0 saturated heterocycles. The summed E-state index contributed by atoms with van der Waals surface area (Å²) < 4.78 is 0. The molecule has 0 saturated carbocycles. The number of hydrogen-bond donors (Lipinski definition) is 1. The summed E-state index contributed by atoms with van der Waals surface area (Å²) in [6, 6.07) is 0. The van der Waals surface area contributed by atoms with Crippen LogP contribution in [0.4, 0.5) is 0 Å². The zero-order valence-corrected chi connectivity index (χ0v) is 9.65. The normalized spacial score (nSPS) is 9.79. The van der Waals surface area contributed by atoms with Crippen molar-refractivity contribution in [3.05, 3.63) is 24.9 Å². The molecule has 1 nitrogen and oxygen atoms in total. The smallest absolute Gasteiger partial charge is 0.0325 e. The molecule has 0 aromatic carbocycles. The number of rotatable bonds is 10. The lowest BCUT2D eigenvalue weighted by Crippen LogP contribution is -2.11. The van der Waals surface area contributed by atoms with Gasteiger partial charge in [0, 0.05) is 12.2 Å². The van der Waals surface area contributed by atoms with Gasteiger partial charge in [0.2, 0.25) is 0 Å². The lowest BCUT2D eigenvalue weighted by Gasteiger charge is -2.06. The Morgan fingerprint density at radius 2 is 1.79 bits per heavy atom. The Morgan fingerprint density at radius 3 is 2.43 bits per heavy atom. The van der Waals surface area contributed by atoms with E-state index in [9.17, 15) is 0 Å². The van der Waals surface area contributed by atoms with E-state index in [2.05, 4.69) is 25.4 Å². The third-order valence-corrected chi connectivity index (χ3v) is 2.33. The van der Waals surface area contributed by atoms with Crippen LogP contribution in [0.15, 0.2) is 24.9 Å². The Hall–Kier alpha value is -0.720. The molecule has 0 amide bonds. The fraction of sp³-hybridized carbons (Fsp3) is 0.692. The summed E-state index contributed by atoms with van der Waals surface area (Å²) >= 11 is 0. The molecule has 1 heteroatoms. The van der Waals surface area contributed by atoms with Gasteiger partial charge in [0.15, 0.2) is 0 Å². The molecule has 0 bridgehead atoms. The minimum Gasteiger partial charge on any atom is -0.385 e. The predicted molar refractivity (Wildman–Crippen MR) is 65.3 cm³/mol. The van der Waals surface area contributed by atoms with Crippen molar-refractivity contribution in [3.63, 3.8) is 0 Å². The molecule has 0 fully saturated rings. The maximum absolute atomic E-state index is 3.97. The van der Waals surface area contributed by atoms with Gasteiger partial charge in [0.25, 0.3) is 0 Å². The highest BCUT2D eigenvalue weighted by Crippen LogP contribution is 2.09. The van der Waals surface area contributed by atoms with Gasteiger partial charge >= 0.3 is 0 Å². The maximum atomic E-state index is 3.97. The molecule has 1 N–H and O–H groups in total. The molecule has 0 rings (SSSR count). The van der Waals surface area contributed by atoms with Crippen molar-refractivity contribution in [3.8, 4) is 0 Å². The SMILES string of the molecule is C=CCNC(=C)CCCCCCCC. The van der Waals surface area contributed by atoms with Crippen LogP contribution in [0.1, 0.15) is 51.9 Å². The second kappa shape index (κ2) is 10.4. The van der Waals surface area contributed by atoms with Crippen molar-refractivity contribution in [2.24, 2.45) is 0 Å². The standard InChI is InChI=1S/C13H25N/c1-4-6-7-8-9-10-11-13(3)14-12-5-2/h5,14H,2-4,6-12H2,1H3. The zero-order chi connectivity index (χ0) is 10.6. The zero-order valence-electron chi connectivity index (χ0n) is 9.65. The van der Waals surface area contributed by atoms with Gasteiger partial charge in [-0.3, -0.25) is 0 Å². The molecule has 0 aliphatic rings. The fourth-order valence-corrected chi connectivity index (χ4v) is 1.42. The molecule has 14 heavy (non-hydrogen) atoms. The molecular formula is C13H25N. The van der Waals surface area contributed by atoms with Gasteiger partial charge in [-0.05, 0) is 12.8 Å². The van der Waals surface area contributed by atoms with E-state index < -0.39 is 0 Å². The Kier molecular flexibility index (Phi) is 9.83. The van der Waals surface area contributed by atoms with E-state index in [4.69, 9.17) is 0 Å². The van der Waals surface area contributed by atoms with Crippen LogP contribution in [0.2, 0.25) is 0 Å². The van der Waals surface area contributed by atoms with Crippen molar-refractivity contribution in [1.29, 1.82) is 0 Å². The molecule has 0 atom stereocenters. The summed E-state index contributed by atoms with van der Waals surface area (Å²) in [5, 5.41) is 3.22. The third-order valence-electron chi connectivity index (χ3n) is 2.33. The Labute approximate surface area is 89.3 Å². The monoisotopic (exact) mass is 195 g/mol. The summed E-state index contributed by atoms with van der Waals surface area (Å²) in [6.45, 7) is 10.7. The van der Waals surface area contributed by atoms with Gasteiger partial charge in [-0.2, -0.15) is 0 Å². The highest BCUT2D eigenvalue weighted by Gasteiger charge is 1.93. The van der Waals surface area contributed by atoms with Crippen LogP contribution in [0.25, 0.3) is 0 Å². The van der Waals surface area contributed by atoms with E-state index in [1.54, 1.807) is 0 Å². The van der Waals surface area contributed by atoms with Crippen LogP contribution in [0, 0.1) is 0 Å². The number of hydrogen-bond acceptors (Lipinski definition) is 1. The molecular weight excluding hydrogens is 170 g/mol. The summed E-state index contributed by atoms with van der Waals surface area (Å²) in [4.78, 5) is 0. The van der Waals surface area contributed by atoms with Crippen molar-refractivity contribution < 1.29 is 0 Å². The van der Waals surface area contributed by atoms with E-state index in [1.807, 2.05) is 6.08 Å². The molecule has 0 aliphatic heterocycles. The predicted octanol–water partition coefficient (Wildman–Crippen LogP) is 4.03. The fourth-order valence-electron chi connectivity index (χ4n) is 1.42. The summed E-state index contributed by atoms with van der Waals surface area (Å²) in [5.74, 6) is 0. The Balaban J connectivity index is 3.10. The lowest BCUT2D eigenvalue weighted by molar-refractivity contribution is 0.599. The first-order valence-corrected chi connectivity index (χ1v) is 5.83. The Morgan fingerprint density at radius 1 is 1.14 bits per heavy atom. The molecule has 0 aliphatic carbocycles. The largest absolute Gasteiger partial charge is 0.385 e. The molecule has 82 valence electrons. The van der Waals surface area contributed by atoms with Gasteiger partial charge in [0.1, 0.15) is 0 Å². The van der Waals surface area contributed by atoms with E-state index in [1.165, 1.54) is 38.5 Å². The van der Waals surface area contributed by atoms with Crippen molar-refractivity contribution in [2.45, 2.75) is 51.9 Å². The molecule has 0 heterocycles. The van der Waals surface area contributed by atoms with Crippen molar-refractivity contribution >= 4 is 0 Å². The molecule has 0 aromatic heterocycles. The average molecular weight is 195 g/mol. The third kappa shape index (κ3) is 9.37. The van der Waals surface area contributed by atoms with E-state index >= 15 is 0 Å². The van der Waals surface area contributed by atoms with Crippen LogP contribution in [-0.4, -0.2) is 6.54 Å². The maximum Gasteiger partial charge on any atom is 0.0325 e. The lowest BCUT2D eigenvalue weighted by atomic mass is 10.1. The summed E-state index contributed by atoms with van der Waals surface area (Å²) in [5.41, 5.74) is 1.15. The minimum absolute atomic E-state index is 0.842. The molecule has 0 radical (unpaired) electrons. The topological polar surface area (TPSA) is 12.0 Å². The van der Waals surface area contributed by atoms with Crippen LogP contribution < -0.4 is 5.32 Å². The molecule has 0 unspecified atom stereocenters. The summed E-state index contributed by atoms with van der Waals surface area (Å²) in [6.07, 6.45) is 11.1. The highest BCUT2D eigenvalue weighted by atomic mass is 14.9. The quantitative estimate of drug-likeness (QED) is 0.410. The first-order chi connectivity index (χ1) is 6.81. The number of unbranched alkanes of at least 4 members (excludes halogenated alkanes) is 5. The Bertz CT molecular complexity index is 149. The first kappa shape index (κ1) is 13.3. The summed E-state index contributed by atoms with van der Waals surface area (Å²) in [7, 11) is 0. The van der Waals surface area contributed by atoms with Crippen LogP contribution in [0.3, 0.4) is 0 Å². The first-order valence-electron chi connectivity index (χ1n) is 5.83. The number of allylic oxidation sites excluding steroid dienone is 1. The van der Waals surface area contributed by atoms with E-state index in [-0.39, 0.29) is 0 Å². The number of nitrogens with one attached hydrogen (secondary N) is 1. The van der Waals surface area contributed by atoms with Gasteiger partial charge in [0.05, 0.1) is 0 Å². The van der Waals surface area contributed by atoms with Gasteiger partial charge in [-0.1, -0.05) is 51.7 Å². The van der Waals surface area contributed by atoms with Gasteiger partial charge in [-0.25, -0.2) is 0 Å². The molecule has 0 spiro atoms. The molecule has 0 aromatic rings. The van der Waals surface area contributed by atoms with E-state index in [0.717, 1.165) is 18.7 Å². The van der Waals surface area contributed by atoms with Crippen LogP contribution >= 0.6 is 0 Å². The average Bonchev–Trinajstić information content (AvgIpc) is 2.20. The van der Waals surface area contributed by atoms with Crippen LogP contribution in [0.5, 0.6) is 0 Å². The van der Waals surface area contributed by atoms with Gasteiger partial charge < -0.3 is 5.32 Å².